The van der Waals surface area contributed by atoms with Crippen LogP contribution < -0.4 is 5.73 Å². The highest BCUT2D eigenvalue weighted by molar-refractivity contribution is 9.11. The highest BCUT2D eigenvalue weighted by Gasteiger charge is 2.14. The summed E-state index contributed by atoms with van der Waals surface area (Å²) in [4.78, 5) is 0. The van der Waals surface area contributed by atoms with Crippen LogP contribution in [0.2, 0.25) is 0 Å². The minimum absolute atomic E-state index is 0. The molecular formula is C12H18Br2ClNO. The molecule has 0 saturated carbocycles. The third kappa shape index (κ3) is 5.16. The minimum atomic E-state index is -0.115. The third-order valence-corrected chi connectivity index (χ3v) is 3.57. The number of phenols is 1. The van der Waals surface area contributed by atoms with Gasteiger partial charge in [-0.15, -0.1) is 12.4 Å². The van der Waals surface area contributed by atoms with Crippen LogP contribution in [0.4, 0.5) is 0 Å². The topological polar surface area (TPSA) is 46.2 Å². The molecular weight excluding hydrogens is 369 g/mol. The van der Waals surface area contributed by atoms with Gasteiger partial charge in [-0.1, -0.05) is 29.8 Å². The Balaban J connectivity index is 0.00000256. The Bertz CT molecular complexity index is 372. The molecule has 1 aromatic rings. The van der Waals surface area contributed by atoms with Crippen molar-refractivity contribution in [2.75, 3.05) is 0 Å². The van der Waals surface area contributed by atoms with Gasteiger partial charge in [0.05, 0.1) is 4.47 Å². The Hall–Kier alpha value is 0.230. The number of aromatic hydroxyl groups is 1. The minimum Gasteiger partial charge on any atom is -0.506 e. The van der Waals surface area contributed by atoms with Gasteiger partial charge < -0.3 is 10.8 Å². The van der Waals surface area contributed by atoms with Gasteiger partial charge in [0, 0.05) is 16.1 Å². The van der Waals surface area contributed by atoms with E-state index in [4.69, 9.17) is 5.73 Å². The van der Waals surface area contributed by atoms with E-state index in [2.05, 4.69) is 45.7 Å². The van der Waals surface area contributed by atoms with Crippen molar-refractivity contribution in [3.8, 4) is 5.75 Å². The van der Waals surface area contributed by atoms with E-state index in [1.807, 2.05) is 12.1 Å². The molecule has 0 amide bonds. The fourth-order valence-electron chi connectivity index (χ4n) is 1.54. The largest absolute Gasteiger partial charge is 0.506 e. The molecule has 0 aliphatic rings. The summed E-state index contributed by atoms with van der Waals surface area (Å²) in [5.41, 5.74) is 6.87. The van der Waals surface area contributed by atoms with E-state index in [1.54, 1.807) is 0 Å². The molecule has 0 aromatic heterocycles. The van der Waals surface area contributed by atoms with E-state index >= 15 is 0 Å². The molecule has 0 saturated heterocycles. The second-order valence-corrected chi connectivity index (χ2v) is 6.17. The van der Waals surface area contributed by atoms with Crippen LogP contribution in [-0.2, 0) is 0 Å². The average Bonchev–Trinajstić information content (AvgIpc) is 2.19. The zero-order chi connectivity index (χ0) is 12.3. The van der Waals surface area contributed by atoms with Crippen molar-refractivity contribution in [3.05, 3.63) is 26.6 Å². The van der Waals surface area contributed by atoms with Crippen molar-refractivity contribution in [1.82, 2.24) is 0 Å². The number of nitrogens with two attached hydrogens (primary N) is 1. The summed E-state index contributed by atoms with van der Waals surface area (Å²) in [5, 5.41) is 9.91. The maximum atomic E-state index is 9.91. The first kappa shape index (κ1) is 17.2. The fourth-order valence-corrected chi connectivity index (χ4v) is 2.80. The highest BCUT2D eigenvalue weighted by atomic mass is 79.9. The number of benzene rings is 1. The molecule has 0 aliphatic heterocycles. The summed E-state index contributed by atoms with van der Waals surface area (Å²) in [6, 6.07) is 3.58. The molecule has 1 atom stereocenters. The van der Waals surface area contributed by atoms with Crippen molar-refractivity contribution in [2.24, 2.45) is 11.7 Å². The standard InChI is InChI=1S/C12H17Br2NO.ClH/c1-7(2)3-4-11(15)9-5-8(13)6-10(14)12(9)16;/h5-7,11,16H,3-4,15H2,1-2H3;1H/t11-;/m1./s1. The van der Waals surface area contributed by atoms with Gasteiger partial charge in [0.2, 0.25) is 0 Å². The molecule has 0 radical (unpaired) electrons. The molecule has 1 rings (SSSR count). The summed E-state index contributed by atoms with van der Waals surface area (Å²) >= 11 is 6.71. The van der Waals surface area contributed by atoms with E-state index in [9.17, 15) is 5.11 Å². The zero-order valence-corrected chi connectivity index (χ0v) is 13.9. The second-order valence-electron chi connectivity index (χ2n) is 4.40. The molecule has 5 heteroatoms. The predicted octanol–water partition coefficient (Wildman–Crippen LogP) is 4.78. The van der Waals surface area contributed by atoms with Gasteiger partial charge in [-0.3, -0.25) is 0 Å². The first-order valence-corrected chi connectivity index (χ1v) is 6.94. The molecule has 0 spiro atoms. The molecule has 0 bridgehead atoms. The Morgan fingerprint density at radius 1 is 1.24 bits per heavy atom. The normalized spacial score (nSPS) is 12.4. The smallest absolute Gasteiger partial charge is 0.134 e. The third-order valence-electron chi connectivity index (χ3n) is 2.51. The number of hydrogen-bond acceptors (Lipinski definition) is 2. The SMILES string of the molecule is CC(C)CC[C@@H](N)c1cc(Br)cc(Br)c1O.Cl. The van der Waals surface area contributed by atoms with E-state index in [1.165, 1.54) is 0 Å². The maximum absolute atomic E-state index is 9.91. The van der Waals surface area contributed by atoms with Crippen molar-refractivity contribution < 1.29 is 5.11 Å². The van der Waals surface area contributed by atoms with Gasteiger partial charge in [0.1, 0.15) is 5.75 Å². The van der Waals surface area contributed by atoms with Crippen LogP contribution in [0.5, 0.6) is 5.75 Å². The van der Waals surface area contributed by atoms with Gasteiger partial charge in [-0.25, -0.2) is 0 Å². The average molecular weight is 388 g/mol. The summed E-state index contributed by atoms with van der Waals surface area (Å²) in [5.74, 6) is 0.878. The lowest BCUT2D eigenvalue weighted by Crippen LogP contribution is -2.11. The van der Waals surface area contributed by atoms with Crippen molar-refractivity contribution in [2.45, 2.75) is 32.7 Å². The van der Waals surface area contributed by atoms with Crippen LogP contribution in [0.25, 0.3) is 0 Å². The van der Waals surface area contributed by atoms with Crippen molar-refractivity contribution in [3.63, 3.8) is 0 Å². The molecule has 0 fully saturated rings. The number of phenolic OH excluding ortho intramolecular Hbond substituents is 1. The first-order valence-electron chi connectivity index (χ1n) is 5.35. The van der Waals surface area contributed by atoms with Gasteiger partial charge in [-0.05, 0) is 46.8 Å². The molecule has 0 heterocycles. The molecule has 17 heavy (non-hydrogen) atoms. The van der Waals surface area contributed by atoms with Crippen LogP contribution in [0.1, 0.15) is 38.3 Å². The van der Waals surface area contributed by atoms with E-state index in [0.29, 0.717) is 10.4 Å². The summed E-state index contributed by atoms with van der Waals surface area (Å²) < 4.78 is 1.60. The maximum Gasteiger partial charge on any atom is 0.134 e. The number of hydrogen-bond donors (Lipinski definition) is 2. The van der Waals surface area contributed by atoms with Crippen molar-refractivity contribution in [1.29, 1.82) is 0 Å². The molecule has 2 nitrogen and oxygen atoms in total. The van der Waals surface area contributed by atoms with Crippen LogP contribution in [0, 0.1) is 5.92 Å². The van der Waals surface area contributed by atoms with Crippen LogP contribution >= 0.6 is 44.3 Å². The van der Waals surface area contributed by atoms with Crippen molar-refractivity contribution >= 4 is 44.3 Å². The van der Waals surface area contributed by atoms with E-state index in [-0.39, 0.29) is 24.2 Å². The summed E-state index contributed by atoms with van der Waals surface area (Å²) in [6.45, 7) is 4.34. The summed E-state index contributed by atoms with van der Waals surface area (Å²) in [7, 11) is 0. The zero-order valence-electron chi connectivity index (χ0n) is 9.91. The second kappa shape index (κ2) is 7.62. The predicted molar refractivity (Wildman–Crippen MR) is 81.8 cm³/mol. The molecule has 0 unspecified atom stereocenters. The van der Waals surface area contributed by atoms with Gasteiger partial charge in [0.15, 0.2) is 0 Å². The number of rotatable bonds is 4. The van der Waals surface area contributed by atoms with Gasteiger partial charge in [-0.2, -0.15) is 0 Å². The summed E-state index contributed by atoms with van der Waals surface area (Å²) in [6.07, 6.45) is 1.94. The Morgan fingerprint density at radius 2 is 1.82 bits per heavy atom. The quantitative estimate of drug-likeness (QED) is 0.781. The Morgan fingerprint density at radius 3 is 2.35 bits per heavy atom. The first-order chi connectivity index (χ1) is 7.41. The lowest BCUT2D eigenvalue weighted by molar-refractivity contribution is 0.445. The monoisotopic (exact) mass is 385 g/mol. The Labute approximate surface area is 126 Å². The van der Waals surface area contributed by atoms with E-state index in [0.717, 1.165) is 22.9 Å². The van der Waals surface area contributed by atoms with Crippen LogP contribution in [0.3, 0.4) is 0 Å². The van der Waals surface area contributed by atoms with Crippen LogP contribution in [-0.4, -0.2) is 5.11 Å². The lowest BCUT2D eigenvalue weighted by Gasteiger charge is -2.16. The van der Waals surface area contributed by atoms with Crippen LogP contribution in [0.15, 0.2) is 21.1 Å². The van der Waals surface area contributed by atoms with E-state index < -0.39 is 0 Å². The van der Waals surface area contributed by atoms with Gasteiger partial charge >= 0.3 is 0 Å². The highest BCUT2D eigenvalue weighted by Crippen LogP contribution is 2.36. The Kier molecular flexibility index (Phi) is 7.72. The molecule has 98 valence electrons. The lowest BCUT2D eigenvalue weighted by atomic mass is 9.98. The molecule has 3 N–H and O–H groups in total. The van der Waals surface area contributed by atoms with Gasteiger partial charge in [0.25, 0.3) is 0 Å². The molecule has 1 aromatic carbocycles. The fraction of sp³-hybridized carbons (Fsp3) is 0.500. The number of halogens is 3. The molecule has 0 aliphatic carbocycles.